The maximum absolute atomic E-state index is 6.19. The third kappa shape index (κ3) is 1.94. The summed E-state index contributed by atoms with van der Waals surface area (Å²) in [5.41, 5.74) is 11.1. The molecule has 1 fully saturated rings. The predicted molar refractivity (Wildman–Crippen MR) is 73.7 cm³/mol. The number of piperidine rings is 1. The summed E-state index contributed by atoms with van der Waals surface area (Å²) < 4.78 is 0. The molecule has 0 bridgehead atoms. The van der Waals surface area contributed by atoms with Gasteiger partial charge in [-0.3, -0.25) is 0 Å². The van der Waals surface area contributed by atoms with E-state index >= 15 is 0 Å². The number of nitrogens with one attached hydrogen (secondary N) is 1. The van der Waals surface area contributed by atoms with Gasteiger partial charge < -0.3 is 16.0 Å². The Labute approximate surface area is 103 Å². The largest absolute Gasteiger partial charge is 0.397 e. The highest BCUT2D eigenvalue weighted by molar-refractivity contribution is 5.85. The van der Waals surface area contributed by atoms with E-state index in [-0.39, 0.29) is 0 Å². The molecule has 0 aromatic heterocycles. The first-order valence-electron chi connectivity index (χ1n) is 6.76. The number of benzene rings is 1. The van der Waals surface area contributed by atoms with E-state index in [0.29, 0.717) is 0 Å². The Kier molecular flexibility index (Phi) is 2.83. The first-order chi connectivity index (χ1) is 8.36. The summed E-state index contributed by atoms with van der Waals surface area (Å²) in [7, 11) is 0. The molecule has 1 aromatic rings. The van der Waals surface area contributed by atoms with E-state index in [4.69, 9.17) is 5.73 Å². The van der Waals surface area contributed by atoms with Gasteiger partial charge in [0.2, 0.25) is 0 Å². The van der Waals surface area contributed by atoms with Gasteiger partial charge in [-0.25, -0.2) is 0 Å². The number of hydrogen-bond acceptors (Lipinski definition) is 3. The van der Waals surface area contributed by atoms with Crippen molar-refractivity contribution in [1.29, 1.82) is 0 Å². The minimum absolute atomic E-state index is 0.931. The molecule has 0 atom stereocenters. The van der Waals surface area contributed by atoms with Crippen molar-refractivity contribution in [2.45, 2.75) is 32.1 Å². The number of nitrogens with two attached hydrogens (primary N) is 1. The molecule has 2 aliphatic rings. The van der Waals surface area contributed by atoms with Crippen molar-refractivity contribution in [3.63, 3.8) is 0 Å². The monoisotopic (exact) mass is 231 g/mol. The first-order valence-corrected chi connectivity index (χ1v) is 6.76. The van der Waals surface area contributed by atoms with Crippen LogP contribution in [0.25, 0.3) is 0 Å². The zero-order valence-corrected chi connectivity index (χ0v) is 10.3. The minimum atomic E-state index is 0.931. The van der Waals surface area contributed by atoms with Crippen molar-refractivity contribution < 1.29 is 0 Å². The van der Waals surface area contributed by atoms with E-state index in [2.05, 4.69) is 22.3 Å². The molecule has 1 aromatic carbocycles. The predicted octanol–water partition coefficient (Wildman–Crippen LogP) is 2.62. The molecule has 0 aliphatic carbocycles. The molecule has 3 nitrogen and oxygen atoms in total. The van der Waals surface area contributed by atoms with Crippen LogP contribution in [0.1, 0.15) is 31.2 Å². The number of hydrogen-bond donors (Lipinski definition) is 2. The number of rotatable bonds is 1. The fourth-order valence-electron chi connectivity index (χ4n) is 3.01. The highest BCUT2D eigenvalue weighted by atomic mass is 15.2. The Hall–Kier alpha value is -1.38. The zero-order valence-electron chi connectivity index (χ0n) is 10.3. The van der Waals surface area contributed by atoms with Crippen LogP contribution in [0.2, 0.25) is 0 Å². The van der Waals surface area contributed by atoms with Crippen molar-refractivity contribution in [2.24, 2.45) is 0 Å². The maximum atomic E-state index is 6.19. The number of anilines is 3. The van der Waals surface area contributed by atoms with E-state index in [9.17, 15) is 0 Å². The topological polar surface area (TPSA) is 41.3 Å². The molecule has 0 spiro atoms. The molecule has 2 heterocycles. The lowest BCUT2D eigenvalue weighted by Gasteiger charge is -2.34. The molecular formula is C14H21N3. The Morgan fingerprint density at radius 2 is 1.88 bits per heavy atom. The van der Waals surface area contributed by atoms with Crippen LogP contribution in [0.4, 0.5) is 17.1 Å². The second kappa shape index (κ2) is 4.47. The highest BCUT2D eigenvalue weighted by Crippen LogP contribution is 2.38. The number of nitrogens with zero attached hydrogens (tertiary/aromatic N) is 1. The van der Waals surface area contributed by atoms with Crippen LogP contribution in [-0.2, 0) is 6.42 Å². The van der Waals surface area contributed by atoms with Gasteiger partial charge in [0, 0.05) is 19.6 Å². The van der Waals surface area contributed by atoms with E-state index in [1.807, 2.05) is 0 Å². The van der Waals surface area contributed by atoms with E-state index in [0.717, 1.165) is 25.3 Å². The van der Waals surface area contributed by atoms with Crippen LogP contribution < -0.4 is 16.0 Å². The number of nitrogen functional groups attached to an aromatic ring is 1. The maximum Gasteiger partial charge on any atom is 0.0838 e. The SMILES string of the molecule is Nc1ccc2c(c1N1CCCCC1)NCCC2. The van der Waals surface area contributed by atoms with Crippen LogP contribution in [0.3, 0.4) is 0 Å². The van der Waals surface area contributed by atoms with E-state index in [1.54, 1.807) is 0 Å². The molecule has 3 rings (SSSR count). The van der Waals surface area contributed by atoms with Crippen molar-refractivity contribution in [1.82, 2.24) is 0 Å². The molecular weight excluding hydrogens is 210 g/mol. The Balaban J connectivity index is 2.01. The molecule has 1 saturated heterocycles. The molecule has 2 aliphatic heterocycles. The highest BCUT2D eigenvalue weighted by Gasteiger charge is 2.21. The average molecular weight is 231 g/mol. The molecule has 3 N–H and O–H groups in total. The summed E-state index contributed by atoms with van der Waals surface area (Å²) in [5.74, 6) is 0. The van der Waals surface area contributed by atoms with Crippen LogP contribution in [0.15, 0.2) is 12.1 Å². The van der Waals surface area contributed by atoms with Gasteiger partial charge in [-0.05, 0) is 43.7 Å². The van der Waals surface area contributed by atoms with Gasteiger partial charge in [-0.2, -0.15) is 0 Å². The van der Waals surface area contributed by atoms with Gasteiger partial charge in [0.1, 0.15) is 0 Å². The van der Waals surface area contributed by atoms with Gasteiger partial charge in [0.15, 0.2) is 0 Å². The van der Waals surface area contributed by atoms with Gasteiger partial charge >= 0.3 is 0 Å². The standard InChI is InChI=1S/C14H21N3/c15-12-7-6-11-5-4-8-16-13(11)14(12)17-9-2-1-3-10-17/h6-7,16H,1-5,8-10,15H2. The minimum Gasteiger partial charge on any atom is -0.397 e. The van der Waals surface area contributed by atoms with E-state index < -0.39 is 0 Å². The molecule has 0 unspecified atom stereocenters. The van der Waals surface area contributed by atoms with Crippen LogP contribution in [0, 0.1) is 0 Å². The van der Waals surface area contributed by atoms with Gasteiger partial charge in [0.05, 0.1) is 17.1 Å². The summed E-state index contributed by atoms with van der Waals surface area (Å²) in [6.45, 7) is 3.39. The lowest BCUT2D eigenvalue weighted by molar-refractivity contribution is 0.578. The molecule has 17 heavy (non-hydrogen) atoms. The van der Waals surface area contributed by atoms with Crippen molar-refractivity contribution in [2.75, 3.05) is 35.6 Å². The van der Waals surface area contributed by atoms with E-state index in [1.165, 1.54) is 49.0 Å². The van der Waals surface area contributed by atoms with Crippen LogP contribution in [0.5, 0.6) is 0 Å². The van der Waals surface area contributed by atoms with Crippen molar-refractivity contribution in [3.05, 3.63) is 17.7 Å². The molecule has 0 amide bonds. The Morgan fingerprint density at radius 3 is 2.71 bits per heavy atom. The fourth-order valence-corrected chi connectivity index (χ4v) is 3.01. The number of fused-ring (bicyclic) bond motifs is 1. The second-order valence-electron chi connectivity index (χ2n) is 5.12. The molecule has 3 heteroatoms. The summed E-state index contributed by atoms with van der Waals surface area (Å²) in [6.07, 6.45) is 6.37. The third-order valence-corrected chi connectivity index (χ3v) is 3.89. The fraction of sp³-hybridized carbons (Fsp3) is 0.571. The number of aryl methyl sites for hydroxylation is 1. The molecule has 0 radical (unpaired) electrons. The lowest BCUT2D eigenvalue weighted by atomic mass is 9.99. The summed E-state index contributed by atoms with van der Waals surface area (Å²) in [5, 5.41) is 3.55. The Morgan fingerprint density at radius 1 is 1.06 bits per heavy atom. The quantitative estimate of drug-likeness (QED) is 0.730. The van der Waals surface area contributed by atoms with Crippen molar-refractivity contribution >= 4 is 17.1 Å². The summed E-state index contributed by atoms with van der Waals surface area (Å²) in [6, 6.07) is 4.26. The smallest absolute Gasteiger partial charge is 0.0838 e. The second-order valence-corrected chi connectivity index (χ2v) is 5.12. The molecule has 0 saturated carbocycles. The summed E-state index contributed by atoms with van der Waals surface area (Å²) in [4.78, 5) is 2.47. The van der Waals surface area contributed by atoms with Crippen LogP contribution in [-0.4, -0.2) is 19.6 Å². The summed E-state index contributed by atoms with van der Waals surface area (Å²) >= 11 is 0. The lowest BCUT2D eigenvalue weighted by Crippen LogP contribution is -2.31. The van der Waals surface area contributed by atoms with Crippen molar-refractivity contribution in [3.8, 4) is 0 Å². The van der Waals surface area contributed by atoms with Gasteiger partial charge in [-0.1, -0.05) is 6.07 Å². The van der Waals surface area contributed by atoms with Gasteiger partial charge in [0.25, 0.3) is 0 Å². The third-order valence-electron chi connectivity index (χ3n) is 3.89. The normalized spacial score (nSPS) is 19.6. The first kappa shape index (κ1) is 10.8. The average Bonchev–Trinajstić information content (AvgIpc) is 2.39. The molecule has 92 valence electrons. The Bertz CT molecular complexity index is 408. The zero-order chi connectivity index (χ0) is 11.7. The van der Waals surface area contributed by atoms with Gasteiger partial charge in [-0.15, -0.1) is 0 Å². The van der Waals surface area contributed by atoms with Crippen LogP contribution >= 0.6 is 0 Å².